The van der Waals surface area contributed by atoms with E-state index in [0.717, 1.165) is 0 Å². The van der Waals surface area contributed by atoms with E-state index >= 15 is 0 Å². The van der Waals surface area contributed by atoms with E-state index in [0.29, 0.717) is 0 Å². The molecule has 0 aliphatic rings. The highest BCUT2D eigenvalue weighted by Gasteiger charge is 2.26. The van der Waals surface area contributed by atoms with Crippen molar-refractivity contribution in [1.82, 2.24) is 4.31 Å². The number of nitrogens with zero attached hydrogens (tertiary/aromatic N) is 2. The number of sulfonamides is 1. The average Bonchev–Trinajstić information content (AvgIpc) is 2.47. The summed E-state index contributed by atoms with van der Waals surface area (Å²) < 4.78 is 36.5. The second kappa shape index (κ2) is 7.85. The summed E-state index contributed by atoms with van der Waals surface area (Å²) in [5.41, 5.74) is 0. The molecule has 0 aliphatic heterocycles. The second-order valence-electron chi connectivity index (χ2n) is 3.96. The molecule has 0 radical (unpaired) electrons. The molecule has 1 aromatic rings. The topological polar surface area (TPSA) is 79.6 Å². The fourth-order valence-corrected chi connectivity index (χ4v) is 3.27. The van der Waals surface area contributed by atoms with Gasteiger partial charge in [-0.25, -0.2) is 8.42 Å². The van der Waals surface area contributed by atoms with Gasteiger partial charge in [0, 0.05) is 26.6 Å². The van der Waals surface area contributed by atoms with Gasteiger partial charge in [0.05, 0.1) is 19.8 Å². The first-order chi connectivity index (χ1) is 9.57. The van der Waals surface area contributed by atoms with Gasteiger partial charge in [-0.15, -0.1) is 0 Å². The fraction of sp³-hybridized carbons (Fsp3) is 0.462. The van der Waals surface area contributed by atoms with Crippen LogP contribution in [-0.2, 0) is 14.8 Å². The largest absolute Gasteiger partial charge is 0.495 e. The molecule has 0 unspecified atom stereocenters. The van der Waals surface area contributed by atoms with Crippen LogP contribution in [0.4, 0.5) is 0 Å². The van der Waals surface area contributed by atoms with Crippen LogP contribution in [0.3, 0.4) is 0 Å². The number of nitriles is 1. The predicted octanol–water partition coefficient (Wildman–Crippen LogP) is 1.25. The van der Waals surface area contributed by atoms with Crippen LogP contribution in [0.2, 0.25) is 0 Å². The lowest BCUT2D eigenvalue weighted by Gasteiger charge is -2.21. The third-order valence-corrected chi connectivity index (χ3v) is 4.64. The van der Waals surface area contributed by atoms with Crippen LogP contribution in [0, 0.1) is 11.3 Å². The van der Waals surface area contributed by atoms with Crippen molar-refractivity contribution < 1.29 is 17.9 Å². The quantitative estimate of drug-likeness (QED) is 0.721. The second-order valence-corrected chi connectivity index (χ2v) is 5.86. The van der Waals surface area contributed by atoms with Crippen LogP contribution in [0.1, 0.15) is 6.42 Å². The van der Waals surface area contributed by atoms with Crippen LogP contribution in [0.15, 0.2) is 29.2 Å². The third-order valence-electron chi connectivity index (χ3n) is 2.70. The molecule has 0 saturated carbocycles. The molecule has 1 aromatic carbocycles. The van der Waals surface area contributed by atoms with Crippen molar-refractivity contribution >= 4 is 10.0 Å². The molecule has 6 nitrogen and oxygen atoms in total. The van der Waals surface area contributed by atoms with E-state index in [4.69, 9.17) is 14.7 Å². The number of rotatable bonds is 8. The van der Waals surface area contributed by atoms with E-state index in [-0.39, 0.29) is 36.8 Å². The van der Waals surface area contributed by atoms with Crippen LogP contribution in [0.25, 0.3) is 0 Å². The number of hydrogen-bond donors (Lipinski definition) is 0. The zero-order chi connectivity index (χ0) is 15.0. The maximum absolute atomic E-state index is 12.6. The van der Waals surface area contributed by atoms with Gasteiger partial charge >= 0.3 is 0 Å². The average molecular weight is 298 g/mol. The summed E-state index contributed by atoms with van der Waals surface area (Å²) in [6.07, 6.45) is 0.123. The van der Waals surface area contributed by atoms with Crippen molar-refractivity contribution in [1.29, 1.82) is 5.26 Å². The summed E-state index contributed by atoms with van der Waals surface area (Å²) in [6.45, 7) is 0.582. The number of benzene rings is 1. The molecule has 0 atom stereocenters. The molecule has 0 N–H and O–H groups in total. The maximum Gasteiger partial charge on any atom is 0.246 e. The van der Waals surface area contributed by atoms with E-state index in [2.05, 4.69) is 0 Å². The van der Waals surface area contributed by atoms with Crippen LogP contribution < -0.4 is 4.74 Å². The van der Waals surface area contributed by atoms with Crippen LogP contribution in [0.5, 0.6) is 5.75 Å². The number of ether oxygens (including phenoxy) is 2. The van der Waals surface area contributed by atoms with Gasteiger partial charge in [-0.2, -0.15) is 9.57 Å². The minimum atomic E-state index is -3.71. The van der Waals surface area contributed by atoms with Gasteiger partial charge in [0.2, 0.25) is 10.0 Å². The molecule has 0 aromatic heterocycles. The molecule has 0 fully saturated rings. The monoisotopic (exact) mass is 298 g/mol. The minimum Gasteiger partial charge on any atom is -0.495 e. The lowest BCUT2D eigenvalue weighted by Crippen LogP contribution is -2.35. The summed E-state index contributed by atoms with van der Waals surface area (Å²) >= 11 is 0. The molecule has 0 saturated heterocycles. The molecule has 110 valence electrons. The van der Waals surface area contributed by atoms with Crippen LogP contribution >= 0.6 is 0 Å². The lowest BCUT2D eigenvalue weighted by molar-refractivity contribution is 0.179. The number of methoxy groups -OCH3 is 2. The van der Waals surface area contributed by atoms with Gasteiger partial charge in [0.15, 0.2) is 0 Å². The van der Waals surface area contributed by atoms with E-state index in [1.54, 1.807) is 18.2 Å². The Morgan fingerprint density at radius 2 is 1.95 bits per heavy atom. The molecule has 0 aliphatic carbocycles. The zero-order valence-corrected chi connectivity index (χ0v) is 12.4. The van der Waals surface area contributed by atoms with Crippen LogP contribution in [-0.4, -0.2) is 46.6 Å². The Morgan fingerprint density at radius 3 is 2.55 bits per heavy atom. The summed E-state index contributed by atoms with van der Waals surface area (Å²) in [7, 11) is -0.793. The normalized spacial score (nSPS) is 11.3. The first-order valence-electron chi connectivity index (χ1n) is 6.07. The molecule has 0 bridgehead atoms. The molecular weight excluding hydrogens is 280 g/mol. The molecule has 0 amide bonds. The van der Waals surface area contributed by atoms with Crippen molar-refractivity contribution in [3.63, 3.8) is 0 Å². The van der Waals surface area contributed by atoms with Gasteiger partial charge in [-0.05, 0) is 12.1 Å². The van der Waals surface area contributed by atoms with Gasteiger partial charge in [0.1, 0.15) is 10.6 Å². The summed E-state index contributed by atoms with van der Waals surface area (Å²) in [4.78, 5) is 0.0940. The van der Waals surface area contributed by atoms with E-state index < -0.39 is 10.0 Å². The zero-order valence-electron chi connectivity index (χ0n) is 11.6. The van der Waals surface area contributed by atoms with Crippen molar-refractivity contribution in [3.05, 3.63) is 24.3 Å². The van der Waals surface area contributed by atoms with E-state index in [1.807, 2.05) is 6.07 Å². The number of para-hydroxylation sites is 1. The minimum absolute atomic E-state index is 0.0940. The fourth-order valence-electron chi connectivity index (χ4n) is 1.69. The Bertz CT molecular complexity index is 566. The predicted molar refractivity (Wildman–Crippen MR) is 73.9 cm³/mol. The van der Waals surface area contributed by atoms with Gasteiger partial charge in [-0.3, -0.25) is 0 Å². The first kappa shape index (κ1) is 16.4. The van der Waals surface area contributed by atoms with Crippen molar-refractivity contribution in [2.45, 2.75) is 11.3 Å². The van der Waals surface area contributed by atoms with Crippen molar-refractivity contribution in [2.24, 2.45) is 0 Å². The van der Waals surface area contributed by atoms with E-state index in [9.17, 15) is 8.42 Å². The first-order valence-corrected chi connectivity index (χ1v) is 7.51. The molecule has 20 heavy (non-hydrogen) atoms. The molecule has 0 heterocycles. The lowest BCUT2D eigenvalue weighted by atomic mass is 10.3. The van der Waals surface area contributed by atoms with Gasteiger partial charge in [-0.1, -0.05) is 12.1 Å². The Labute approximate surface area is 119 Å². The van der Waals surface area contributed by atoms with Crippen molar-refractivity contribution in [3.8, 4) is 11.8 Å². The summed E-state index contributed by atoms with van der Waals surface area (Å²) in [5.74, 6) is 0.284. The molecule has 7 heteroatoms. The Morgan fingerprint density at radius 1 is 1.25 bits per heavy atom. The standard InChI is InChI=1S/C13H18N2O4S/c1-18-11-10-15(9-5-8-14)20(16,17)13-7-4-3-6-12(13)19-2/h3-4,6-7H,5,9-11H2,1-2H3. The summed E-state index contributed by atoms with van der Waals surface area (Å²) in [6, 6.07) is 8.36. The Kier molecular flexibility index (Phi) is 6.45. The molecule has 0 spiro atoms. The smallest absolute Gasteiger partial charge is 0.246 e. The van der Waals surface area contributed by atoms with Gasteiger partial charge in [0.25, 0.3) is 0 Å². The highest BCUT2D eigenvalue weighted by atomic mass is 32.2. The van der Waals surface area contributed by atoms with Gasteiger partial charge < -0.3 is 9.47 Å². The Balaban J connectivity index is 3.11. The molecular formula is C13H18N2O4S. The highest BCUT2D eigenvalue weighted by Crippen LogP contribution is 2.26. The third kappa shape index (κ3) is 3.93. The number of hydrogen-bond acceptors (Lipinski definition) is 5. The van der Waals surface area contributed by atoms with E-state index in [1.165, 1.54) is 24.6 Å². The Hall–Kier alpha value is -1.62. The maximum atomic E-state index is 12.6. The van der Waals surface area contributed by atoms with Crippen molar-refractivity contribution in [2.75, 3.05) is 33.9 Å². The SMILES string of the molecule is COCCN(CCC#N)S(=O)(=O)c1ccccc1OC. The summed E-state index contributed by atoms with van der Waals surface area (Å²) in [5, 5.41) is 8.65. The highest BCUT2D eigenvalue weighted by molar-refractivity contribution is 7.89. The molecule has 1 rings (SSSR count).